The number of ether oxygens (including phenoxy) is 8. The molecule has 8 fully saturated rings. The predicted molar refractivity (Wildman–Crippen MR) is 284 cm³/mol. The molecule has 0 amide bonds. The van der Waals surface area contributed by atoms with Gasteiger partial charge in [0.1, 0.15) is 0 Å². The maximum Gasteiger partial charge on any atom is 0.427 e. The Hall–Kier alpha value is -1.89. The van der Waals surface area contributed by atoms with Crippen LogP contribution in [0.5, 0.6) is 0 Å². The van der Waals surface area contributed by atoms with Crippen LogP contribution in [0.4, 0.5) is 65.9 Å². The van der Waals surface area contributed by atoms with Crippen molar-refractivity contribution in [1.29, 1.82) is 0 Å². The highest BCUT2D eigenvalue weighted by atomic mass is 19.4. The van der Waals surface area contributed by atoms with Crippen molar-refractivity contribution in [2.75, 3.05) is 26.4 Å². The summed E-state index contributed by atoms with van der Waals surface area (Å²) in [6, 6.07) is 0. The number of hydrogen-bond acceptors (Lipinski definition) is 8. The van der Waals surface area contributed by atoms with Crippen LogP contribution in [0.1, 0.15) is 218 Å². The molecular weight excluding hydrogens is 1130 g/mol. The van der Waals surface area contributed by atoms with E-state index >= 15 is 0 Å². The van der Waals surface area contributed by atoms with Crippen molar-refractivity contribution < 1.29 is 104 Å². The van der Waals surface area contributed by atoms with Crippen LogP contribution in [0.25, 0.3) is 0 Å². The Balaban J connectivity index is 0.000000305. The largest absolute Gasteiger partial charge is 0.427 e. The third kappa shape index (κ3) is 14.4. The fourth-order valence-corrected chi connectivity index (χ4v) is 14.1. The summed E-state index contributed by atoms with van der Waals surface area (Å²) >= 11 is 0. The summed E-state index contributed by atoms with van der Waals surface area (Å²) in [6.07, 6.45) is -17.8. The molecule has 0 aromatic heterocycles. The van der Waals surface area contributed by atoms with Crippen LogP contribution < -0.4 is 0 Å². The smallest absolute Gasteiger partial charge is 0.374 e. The lowest BCUT2D eigenvalue weighted by atomic mass is 9.50. The Bertz CT molecular complexity index is 2060. The molecule has 6 heterocycles. The number of halogens is 15. The van der Waals surface area contributed by atoms with Crippen LogP contribution >= 0.6 is 0 Å². The molecule has 0 aromatic rings. The van der Waals surface area contributed by atoms with Gasteiger partial charge in [-0.3, -0.25) is 0 Å². The van der Waals surface area contributed by atoms with E-state index in [1.165, 1.54) is 19.1 Å². The van der Waals surface area contributed by atoms with Crippen molar-refractivity contribution >= 4 is 0 Å². The normalized spacial score (nSPS) is 34.9. The van der Waals surface area contributed by atoms with Crippen molar-refractivity contribution in [2.45, 2.75) is 307 Å². The molecule has 0 spiro atoms. The summed E-state index contributed by atoms with van der Waals surface area (Å²) in [6.45, 7) is 28.0. The topological polar surface area (TPSA) is 73.8 Å². The molecule has 8 unspecified atom stereocenters. The van der Waals surface area contributed by atoms with E-state index < -0.39 is 117 Å². The lowest BCUT2D eigenvalue weighted by Crippen LogP contribution is -2.73. The van der Waals surface area contributed by atoms with Crippen LogP contribution in [-0.2, 0) is 37.9 Å². The first kappa shape index (κ1) is 73.6. The number of unbranched alkanes of at least 4 members (excludes halogenated alkanes) is 2. The minimum absolute atomic E-state index is 0.0204. The Morgan fingerprint density at radius 1 is 0.506 bits per heavy atom. The average molecular weight is 1230 g/mol. The minimum Gasteiger partial charge on any atom is -0.374 e. The van der Waals surface area contributed by atoms with Gasteiger partial charge in [0.15, 0.2) is 29.4 Å². The van der Waals surface area contributed by atoms with Gasteiger partial charge in [0.05, 0.1) is 35.6 Å². The molecule has 0 radical (unpaired) electrons. The molecule has 2 aliphatic carbocycles. The Morgan fingerprint density at radius 2 is 0.940 bits per heavy atom. The molecule has 0 aromatic carbocycles. The fraction of sp³-hybridized carbons (Fsp3) is 0.933. The lowest BCUT2D eigenvalue weighted by Gasteiger charge is -2.65. The molecule has 6 saturated heterocycles. The van der Waals surface area contributed by atoms with E-state index in [0.717, 1.165) is 40.5 Å². The molecule has 2 saturated carbocycles. The number of alkyl halides is 15. The van der Waals surface area contributed by atoms with Gasteiger partial charge in [-0.15, -0.1) is 13.2 Å². The van der Waals surface area contributed by atoms with Gasteiger partial charge in [0.2, 0.25) is 0 Å². The van der Waals surface area contributed by atoms with E-state index in [-0.39, 0.29) is 64.6 Å². The number of fused-ring (bicyclic) bond motifs is 6. The lowest BCUT2D eigenvalue weighted by molar-refractivity contribution is -0.454. The number of hydrogen-bond donors (Lipinski definition) is 0. The Morgan fingerprint density at radius 3 is 1.31 bits per heavy atom. The quantitative estimate of drug-likeness (QED) is 0.0487. The van der Waals surface area contributed by atoms with Crippen LogP contribution in [0.2, 0.25) is 0 Å². The summed E-state index contributed by atoms with van der Waals surface area (Å²) in [5.74, 6) is 0. The molecule has 8 aliphatic rings. The molecule has 0 N–H and O–H groups in total. The molecule has 23 heteroatoms. The summed E-state index contributed by atoms with van der Waals surface area (Å²) in [7, 11) is 0. The standard InChI is InChI=1S/C32H54F6O4.C18H26F6O3.C10H15F3O/c1-10-12-20-39-23(3)41-28(9,32(36,37)38)29-16-18-30(19-17-29,40-22-29)24(4,5)21-25(6,11-2)26(7)14-13-15-27(8,42-26)31(33,34)35;1-4-6-11-25-13(3)27-16(17(19,20)21,18(22,23)24)14-7-9-15(5-2,10-8-14)26-12-14;1-4-8(2)6-5-7-9(3,14-8)10(11,12)13/h23H,10-22H2,1-9H3;5,13H,2,4,6-12H2,1,3H3;4H,1,5-7H2,2-3H3. The van der Waals surface area contributed by atoms with Crippen LogP contribution in [-0.4, -0.2) is 115 Å². The van der Waals surface area contributed by atoms with Gasteiger partial charge in [0.25, 0.3) is 5.60 Å². The molecule has 488 valence electrons. The molecule has 6 aliphatic heterocycles. The third-order valence-corrected chi connectivity index (χ3v) is 20.5. The van der Waals surface area contributed by atoms with Gasteiger partial charge >= 0.3 is 30.9 Å². The van der Waals surface area contributed by atoms with E-state index in [4.69, 9.17) is 37.9 Å². The highest BCUT2D eigenvalue weighted by molar-refractivity contribution is 5.19. The van der Waals surface area contributed by atoms with E-state index in [1.807, 2.05) is 27.7 Å². The van der Waals surface area contributed by atoms with Crippen molar-refractivity contribution in [3.63, 3.8) is 0 Å². The summed E-state index contributed by atoms with van der Waals surface area (Å²) in [5.41, 5.74) is -19.1. The van der Waals surface area contributed by atoms with E-state index in [1.54, 1.807) is 13.8 Å². The SMILES string of the molecule is C=CC1(C)CCCC(C)(C(F)(F)F)O1.C=CC12CCC(C(OC(C)OCCCC)(C(F)(F)F)C(F)(F)F)(CC1)CO2.CCCCOC(C)OC(C)(C(F)(F)F)C12CCC(C(C)(C)CC(C)(CC)C3(C)CCCC(C)(C(F)(F)F)O3)(CC1)OC2. The van der Waals surface area contributed by atoms with Gasteiger partial charge in [-0.2, -0.15) is 65.9 Å². The van der Waals surface area contributed by atoms with Crippen molar-refractivity contribution in [3.05, 3.63) is 25.3 Å². The van der Waals surface area contributed by atoms with Crippen LogP contribution in [0.15, 0.2) is 25.3 Å². The van der Waals surface area contributed by atoms with Gasteiger partial charge in [0, 0.05) is 24.0 Å². The first-order valence-corrected chi connectivity index (χ1v) is 29.5. The highest BCUT2D eigenvalue weighted by Gasteiger charge is 2.83. The second-order valence-electron chi connectivity index (χ2n) is 26.5. The van der Waals surface area contributed by atoms with Crippen molar-refractivity contribution in [3.8, 4) is 0 Å². The van der Waals surface area contributed by atoms with Crippen molar-refractivity contribution in [2.24, 2.45) is 21.7 Å². The van der Waals surface area contributed by atoms with Crippen LogP contribution in [0, 0.1) is 21.7 Å². The zero-order valence-corrected chi connectivity index (χ0v) is 51.1. The Kier molecular flexibility index (Phi) is 22.6. The first-order chi connectivity index (χ1) is 37.6. The van der Waals surface area contributed by atoms with E-state index in [0.29, 0.717) is 70.8 Å². The van der Waals surface area contributed by atoms with E-state index in [9.17, 15) is 65.9 Å². The summed E-state index contributed by atoms with van der Waals surface area (Å²) < 4.78 is 253. The van der Waals surface area contributed by atoms with Gasteiger partial charge in [-0.25, -0.2) is 0 Å². The zero-order valence-electron chi connectivity index (χ0n) is 51.1. The molecule has 8 rings (SSSR count). The van der Waals surface area contributed by atoms with Gasteiger partial charge in [-0.1, -0.05) is 66.5 Å². The molecule has 83 heavy (non-hydrogen) atoms. The second-order valence-corrected chi connectivity index (χ2v) is 26.5. The summed E-state index contributed by atoms with van der Waals surface area (Å²) in [4.78, 5) is 0. The molecular formula is C60H95F15O8. The van der Waals surface area contributed by atoms with Crippen LogP contribution in [0.3, 0.4) is 0 Å². The molecule has 8 atom stereocenters. The minimum atomic E-state index is -5.68. The monoisotopic (exact) mass is 1230 g/mol. The molecule has 4 bridgehead atoms. The zero-order chi connectivity index (χ0) is 63.7. The Labute approximate surface area is 482 Å². The maximum atomic E-state index is 14.7. The fourth-order valence-electron chi connectivity index (χ4n) is 14.1. The third-order valence-electron chi connectivity index (χ3n) is 20.5. The molecule has 8 nitrogen and oxygen atoms in total. The van der Waals surface area contributed by atoms with E-state index in [2.05, 4.69) is 27.0 Å². The predicted octanol–water partition coefficient (Wildman–Crippen LogP) is 18.9. The second kappa shape index (κ2) is 25.5. The summed E-state index contributed by atoms with van der Waals surface area (Å²) in [5, 5.41) is 0. The average Bonchev–Trinajstić information content (AvgIpc) is 1.20. The maximum absolute atomic E-state index is 14.7. The highest BCUT2D eigenvalue weighted by Crippen LogP contribution is 2.67. The van der Waals surface area contributed by atoms with Gasteiger partial charge < -0.3 is 37.9 Å². The number of rotatable bonds is 21. The first-order valence-electron chi connectivity index (χ1n) is 29.5. The van der Waals surface area contributed by atoms with Crippen molar-refractivity contribution in [1.82, 2.24) is 0 Å². The van der Waals surface area contributed by atoms with Gasteiger partial charge in [-0.05, 0) is 175 Å².